The fourth-order valence-corrected chi connectivity index (χ4v) is 2.80. The Morgan fingerprint density at radius 3 is 2.81 bits per heavy atom. The summed E-state index contributed by atoms with van der Waals surface area (Å²) >= 11 is 0. The molecule has 5 heteroatoms. The molecule has 116 valence electrons. The maximum Gasteiger partial charge on any atom is 0.407 e. The Balaban J connectivity index is 1.80. The van der Waals surface area contributed by atoms with Gasteiger partial charge in [0.05, 0.1) is 6.61 Å². The van der Waals surface area contributed by atoms with E-state index in [0.29, 0.717) is 6.61 Å². The van der Waals surface area contributed by atoms with Crippen LogP contribution in [0.4, 0.5) is 4.79 Å². The fraction of sp³-hybridized carbons (Fsp3) is 0.562. The average Bonchev–Trinajstić information content (AvgIpc) is 2.49. The highest BCUT2D eigenvalue weighted by Crippen LogP contribution is 2.24. The number of alkyl carbamates (subject to hydrolysis) is 1. The van der Waals surface area contributed by atoms with Crippen LogP contribution in [0.25, 0.3) is 0 Å². The van der Waals surface area contributed by atoms with Gasteiger partial charge in [-0.2, -0.15) is 0 Å². The van der Waals surface area contributed by atoms with Gasteiger partial charge in [0.25, 0.3) is 0 Å². The van der Waals surface area contributed by atoms with Crippen molar-refractivity contribution in [1.29, 1.82) is 0 Å². The van der Waals surface area contributed by atoms with Crippen LogP contribution in [0.3, 0.4) is 0 Å². The molecule has 5 nitrogen and oxygen atoms in total. The van der Waals surface area contributed by atoms with Crippen LogP contribution in [0, 0.1) is 5.92 Å². The summed E-state index contributed by atoms with van der Waals surface area (Å²) in [5, 5.41) is 2.95. The first kappa shape index (κ1) is 15.8. The number of hydrogen-bond donors (Lipinski definition) is 2. The smallest absolute Gasteiger partial charge is 0.407 e. The van der Waals surface area contributed by atoms with Gasteiger partial charge in [0.2, 0.25) is 0 Å². The van der Waals surface area contributed by atoms with Gasteiger partial charge in [0.1, 0.15) is 6.61 Å². The number of amides is 1. The Bertz CT molecular complexity index is 438. The van der Waals surface area contributed by atoms with Crippen molar-refractivity contribution in [3.05, 3.63) is 35.9 Å². The maximum atomic E-state index is 11.9. The number of nitrogens with one attached hydrogen (secondary N) is 1. The third kappa shape index (κ3) is 5.02. The molecule has 0 bridgehead atoms. The van der Waals surface area contributed by atoms with Gasteiger partial charge in [-0.25, -0.2) is 4.79 Å². The monoisotopic (exact) mass is 292 g/mol. The van der Waals surface area contributed by atoms with Gasteiger partial charge in [-0.1, -0.05) is 30.3 Å². The number of ether oxygens (including phenoxy) is 2. The lowest BCUT2D eigenvalue weighted by molar-refractivity contribution is 0.0898. The second kappa shape index (κ2) is 8.00. The lowest BCUT2D eigenvalue weighted by Crippen LogP contribution is -2.48. The second-order valence-corrected chi connectivity index (χ2v) is 5.60. The summed E-state index contributed by atoms with van der Waals surface area (Å²) in [6, 6.07) is 9.92. The molecule has 0 aromatic heterocycles. The number of hydrogen-bond acceptors (Lipinski definition) is 4. The first-order valence-corrected chi connectivity index (χ1v) is 7.40. The highest BCUT2D eigenvalue weighted by atomic mass is 16.5. The molecule has 1 saturated carbocycles. The zero-order valence-corrected chi connectivity index (χ0v) is 12.5. The van der Waals surface area contributed by atoms with E-state index in [-0.39, 0.29) is 30.7 Å². The van der Waals surface area contributed by atoms with E-state index in [1.165, 1.54) is 0 Å². The van der Waals surface area contributed by atoms with Crippen LogP contribution in [0.15, 0.2) is 30.3 Å². The molecular weight excluding hydrogens is 268 g/mol. The Hall–Kier alpha value is -1.59. The van der Waals surface area contributed by atoms with Crippen molar-refractivity contribution in [3.8, 4) is 0 Å². The summed E-state index contributed by atoms with van der Waals surface area (Å²) in [7, 11) is 1.67. The molecular formula is C16H24N2O3. The quantitative estimate of drug-likeness (QED) is 0.871. The first-order valence-electron chi connectivity index (χ1n) is 7.40. The van der Waals surface area contributed by atoms with E-state index in [9.17, 15) is 4.79 Å². The molecule has 1 fully saturated rings. The van der Waals surface area contributed by atoms with Crippen molar-refractivity contribution in [2.45, 2.75) is 38.0 Å². The van der Waals surface area contributed by atoms with Crippen molar-refractivity contribution in [3.63, 3.8) is 0 Å². The van der Waals surface area contributed by atoms with Crippen molar-refractivity contribution < 1.29 is 14.3 Å². The van der Waals surface area contributed by atoms with Crippen LogP contribution >= 0.6 is 0 Å². The lowest BCUT2D eigenvalue weighted by atomic mass is 9.82. The second-order valence-electron chi connectivity index (χ2n) is 5.60. The number of carbonyl (C=O) groups excluding carboxylic acids is 1. The lowest BCUT2D eigenvalue weighted by Gasteiger charge is -2.34. The molecule has 0 radical (unpaired) electrons. The number of methoxy groups -OCH3 is 1. The highest BCUT2D eigenvalue weighted by molar-refractivity contribution is 5.67. The number of benzene rings is 1. The molecule has 3 atom stereocenters. The summed E-state index contributed by atoms with van der Waals surface area (Å²) < 4.78 is 10.5. The molecule has 21 heavy (non-hydrogen) atoms. The average molecular weight is 292 g/mol. The molecule has 0 aliphatic heterocycles. The minimum atomic E-state index is -0.375. The summed E-state index contributed by atoms with van der Waals surface area (Å²) in [4.78, 5) is 11.9. The van der Waals surface area contributed by atoms with Gasteiger partial charge < -0.3 is 20.5 Å². The summed E-state index contributed by atoms with van der Waals surface area (Å²) in [6.07, 6.45) is 2.29. The van der Waals surface area contributed by atoms with Crippen LogP contribution in [-0.4, -0.2) is 31.9 Å². The van der Waals surface area contributed by atoms with Gasteiger partial charge >= 0.3 is 6.09 Å². The summed E-state index contributed by atoms with van der Waals surface area (Å²) in [6.45, 7) is 0.894. The van der Waals surface area contributed by atoms with Gasteiger partial charge in [-0.3, -0.25) is 0 Å². The zero-order chi connectivity index (χ0) is 15.1. The van der Waals surface area contributed by atoms with E-state index in [0.717, 1.165) is 24.8 Å². The topological polar surface area (TPSA) is 73.6 Å². The van der Waals surface area contributed by atoms with E-state index in [4.69, 9.17) is 15.2 Å². The fourth-order valence-electron chi connectivity index (χ4n) is 2.80. The van der Waals surface area contributed by atoms with Crippen LogP contribution in [0.2, 0.25) is 0 Å². The summed E-state index contributed by atoms with van der Waals surface area (Å²) in [5.41, 5.74) is 6.96. The Morgan fingerprint density at radius 2 is 2.10 bits per heavy atom. The third-order valence-corrected chi connectivity index (χ3v) is 3.92. The van der Waals surface area contributed by atoms with Crippen LogP contribution in [-0.2, 0) is 16.1 Å². The minimum Gasteiger partial charge on any atom is -0.445 e. The molecule has 0 spiro atoms. The predicted molar refractivity (Wildman–Crippen MR) is 80.7 cm³/mol. The van der Waals surface area contributed by atoms with E-state index >= 15 is 0 Å². The molecule has 0 heterocycles. The number of rotatable bonds is 5. The van der Waals surface area contributed by atoms with E-state index in [1.54, 1.807) is 7.11 Å². The van der Waals surface area contributed by atoms with Crippen molar-refractivity contribution in [1.82, 2.24) is 5.32 Å². The van der Waals surface area contributed by atoms with Gasteiger partial charge in [0.15, 0.2) is 0 Å². The van der Waals surface area contributed by atoms with Gasteiger partial charge in [-0.05, 0) is 24.8 Å². The van der Waals surface area contributed by atoms with E-state index < -0.39 is 0 Å². The van der Waals surface area contributed by atoms with Crippen molar-refractivity contribution in [2.24, 2.45) is 11.7 Å². The minimum absolute atomic E-state index is 0.0769. The molecule has 1 aliphatic carbocycles. The zero-order valence-electron chi connectivity index (χ0n) is 12.5. The number of carbonyl (C=O) groups is 1. The van der Waals surface area contributed by atoms with Crippen LogP contribution < -0.4 is 11.1 Å². The highest BCUT2D eigenvalue weighted by Gasteiger charge is 2.30. The van der Waals surface area contributed by atoms with Gasteiger partial charge in [-0.15, -0.1) is 0 Å². The molecule has 0 saturated heterocycles. The van der Waals surface area contributed by atoms with E-state index in [2.05, 4.69) is 5.32 Å². The Kier molecular flexibility index (Phi) is 6.02. The Labute approximate surface area is 125 Å². The first-order chi connectivity index (χ1) is 10.2. The third-order valence-electron chi connectivity index (χ3n) is 3.92. The molecule has 1 aliphatic rings. The van der Waals surface area contributed by atoms with E-state index in [1.807, 2.05) is 30.3 Å². The molecule has 1 amide bonds. The van der Waals surface area contributed by atoms with Gasteiger partial charge in [0, 0.05) is 25.1 Å². The maximum absolute atomic E-state index is 11.9. The normalized spacial score (nSPS) is 25.3. The molecule has 0 unspecified atom stereocenters. The van der Waals surface area contributed by atoms with Crippen LogP contribution in [0.5, 0.6) is 0 Å². The summed E-state index contributed by atoms with van der Waals surface area (Å²) in [5.74, 6) is 0.253. The van der Waals surface area contributed by atoms with Crippen molar-refractivity contribution in [2.75, 3.05) is 13.7 Å². The van der Waals surface area contributed by atoms with Crippen molar-refractivity contribution >= 4 is 6.09 Å². The Morgan fingerprint density at radius 1 is 1.33 bits per heavy atom. The SMILES string of the molecule is COC[C@@H]1C[C@H](N)CC[C@@H]1NC(=O)OCc1ccccc1. The predicted octanol–water partition coefficient (Wildman–Crippen LogP) is 2.06. The standard InChI is InChI=1S/C16H24N2O3/c1-20-11-13-9-14(17)7-8-15(13)18-16(19)21-10-12-5-3-2-4-6-12/h2-6,13-15H,7-11,17H2,1H3,(H,18,19)/t13-,14+,15-/m0/s1. The molecule has 2 rings (SSSR count). The van der Waals surface area contributed by atoms with Crippen LogP contribution in [0.1, 0.15) is 24.8 Å². The largest absolute Gasteiger partial charge is 0.445 e. The molecule has 3 N–H and O–H groups in total. The number of nitrogens with two attached hydrogens (primary N) is 1. The molecule has 1 aromatic rings. The molecule has 1 aromatic carbocycles.